The van der Waals surface area contributed by atoms with Crippen molar-refractivity contribution in [2.75, 3.05) is 7.11 Å². The second-order valence-electron chi connectivity index (χ2n) is 3.14. The monoisotopic (exact) mass is 283 g/mol. The Kier molecular flexibility index (Phi) is 3.26. The standard InChI is InChI=1S/C11H10BrNO3/c1-15-8-3-2-5-13-9(8)10(14)7-4-6-16-11(7)12/h2-6,10,14H,1H3. The van der Waals surface area contributed by atoms with Crippen LogP contribution in [0.25, 0.3) is 0 Å². The Bertz CT molecular complexity index is 484. The number of aromatic nitrogens is 1. The predicted octanol–water partition coefficient (Wildman–Crippen LogP) is 2.53. The Balaban J connectivity index is 2.41. The van der Waals surface area contributed by atoms with Crippen LogP contribution in [0.5, 0.6) is 5.75 Å². The minimum absolute atomic E-state index is 0.465. The summed E-state index contributed by atoms with van der Waals surface area (Å²) in [5.41, 5.74) is 1.09. The lowest BCUT2D eigenvalue weighted by atomic mass is 10.1. The third-order valence-corrected chi connectivity index (χ3v) is 2.86. The lowest BCUT2D eigenvalue weighted by Crippen LogP contribution is -2.04. The van der Waals surface area contributed by atoms with Gasteiger partial charge in [0.1, 0.15) is 17.5 Å². The molecule has 0 radical (unpaired) electrons. The van der Waals surface area contributed by atoms with Crippen LogP contribution in [0.3, 0.4) is 0 Å². The molecule has 16 heavy (non-hydrogen) atoms. The van der Waals surface area contributed by atoms with Crippen LogP contribution in [0.1, 0.15) is 17.4 Å². The quantitative estimate of drug-likeness (QED) is 0.941. The van der Waals surface area contributed by atoms with E-state index in [9.17, 15) is 5.11 Å². The van der Waals surface area contributed by atoms with Crippen LogP contribution in [0.15, 0.2) is 39.7 Å². The van der Waals surface area contributed by atoms with Gasteiger partial charge in [0.15, 0.2) is 4.67 Å². The molecule has 0 saturated carbocycles. The first kappa shape index (κ1) is 11.2. The minimum atomic E-state index is -0.871. The molecule has 5 heteroatoms. The molecular formula is C11H10BrNO3. The number of furan rings is 1. The molecule has 4 nitrogen and oxygen atoms in total. The van der Waals surface area contributed by atoms with Crippen molar-refractivity contribution in [2.24, 2.45) is 0 Å². The van der Waals surface area contributed by atoms with Gasteiger partial charge in [-0.1, -0.05) is 0 Å². The molecule has 2 aromatic heterocycles. The van der Waals surface area contributed by atoms with Crippen LogP contribution < -0.4 is 4.74 Å². The maximum atomic E-state index is 10.1. The molecule has 0 fully saturated rings. The molecule has 0 saturated heterocycles. The van der Waals surface area contributed by atoms with Crippen LogP contribution in [0.4, 0.5) is 0 Å². The van der Waals surface area contributed by atoms with Crippen LogP contribution in [0, 0.1) is 0 Å². The first-order valence-electron chi connectivity index (χ1n) is 4.64. The van der Waals surface area contributed by atoms with E-state index in [1.54, 1.807) is 24.4 Å². The normalized spacial score (nSPS) is 12.4. The molecule has 0 aliphatic heterocycles. The first-order valence-corrected chi connectivity index (χ1v) is 5.43. The number of nitrogens with zero attached hydrogens (tertiary/aromatic N) is 1. The summed E-state index contributed by atoms with van der Waals surface area (Å²) in [6.07, 6.45) is 2.23. The fraction of sp³-hybridized carbons (Fsp3) is 0.182. The predicted molar refractivity (Wildman–Crippen MR) is 61.3 cm³/mol. The number of pyridine rings is 1. The van der Waals surface area contributed by atoms with Crippen LogP contribution >= 0.6 is 15.9 Å². The highest BCUT2D eigenvalue weighted by Gasteiger charge is 2.20. The second-order valence-corrected chi connectivity index (χ2v) is 3.86. The molecule has 1 unspecified atom stereocenters. The molecule has 2 heterocycles. The van der Waals surface area contributed by atoms with Gasteiger partial charge in [-0.3, -0.25) is 4.98 Å². The zero-order valence-electron chi connectivity index (χ0n) is 8.55. The number of hydrogen-bond acceptors (Lipinski definition) is 4. The Morgan fingerprint density at radius 3 is 2.94 bits per heavy atom. The van der Waals surface area contributed by atoms with Gasteiger partial charge in [0.05, 0.1) is 13.4 Å². The highest BCUT2D eigenvalue weighted by atomic mass is 79.9. The molecule has 84 valence electrons. The lowest BCUT2D eigenvalue weighted by molar-refractivity contribution is 0.207. The second kappa shape index (κ2) is 4.67. The summed E-state index contributed by atoms with van der Waals surface area (Å²) in [6.45, 7) is 0. The Morgan fingerprint density at radius 1 is 1.50 bits per heavy atom. The Hall–Kier alpha value is -1.33. The smallest absolute Gasteiger partial charge is 0.175 e. The van der Waals surface area contributed by atoms with Crippen molar-refractivity contribution >= 4 is 15.9 Å². The number of aliphatic hydroxyl groups excluding tert-OH is 1. The molecule has 0 spiro atoms. The average molecular weight is 284 g/mol. The molecule has 0 amide bonds. The van der Waals surface area contributed by atoms with E-state index in [0.29, 0.717) is 21.7 Å². The van der Waals surface area contributed by atoms with Crippen LogP contribution in [0.2, 0.25) is 0 Å². The zero-order valence-corrected chi connectivity index (χ0v) is 10.1. The van der Waals surface area contributed by atoms with E-state index in [-0.39, 0.29) is 0 Å². The molecule has 0 aliphatic rings. The van der Waals surface area contributed by atoms with E-state index in [1.165, 1.54) is 13.4 Å². The topological polar surface area (TPSA) is 55.5 Å². The van der Waals surface area contributed by atoms with Crippen LogP contribution in [-0.2, 0) is 0 Å². The third-order valence-electron chi connectivity index (χ3n) is 2.22. The van der Waals surface area contributed by atoms with Crippen molar-refractivity contribution in [3.8, 4) is 5.75 Å². The molecule has 2 rings (SSSR count). The average Bonchev–Trinajstić information content (AvgIpc) is 2.74. The van der Waals surface area contributed by atoms with Crippen molar-refractivity contribution in [3.05, 3.63) is 46.6 Å². The van der Waals surface area contributed by atoms with Gasteiger partial charge < -0.3 is 14.3 Å². The number of aliphatic hydroxyl groups is 1. The Labute approximate surface area is 101 Å². The summed E-state index contributed by atoms with van der Waals surface area (Å²) < 4.78 is 10.7. The number of hydrogen-bond donors (Lipinski definition) is 1. The molecule has 2 aromatic rings. The van der Waals surface area contributed by atoms with E-state index in [4.69, 9.17) is 9.15 Å². The van der Waals surface area contributed by atoms with E-state index in [1.807, 2.05) is 0 Å². The number of ether oxygens (including phenoxy) is 1. The first-order chi connectivity index (χ1) is 7.74. The van der Waals surface area contributed by atoms with Crippen molar-refractivity contribution in [1.29, 1.82) is 0 Å². The molecule has 0 aliphatic carbocycles. The van der Waals surface area contributed by atoms with Crippen molar-refractivity contribution in [3.63, 3.8) is 0 Å². The third kappa shape index (κ3) is 1.96. The van der Waals surface area contributed by atoms with E-state index >= 15 is 0 Å². The largest absolute Gasteiger partial charge is 0.495 e. The summed E-state index contributed by atoms with van der Waals surface area (Å²) in [4.78, 5) is 4.11. The molecule has 1 atom stereocenters. The van der Waals surface area contributed by atoms with E-state index in [0.717, 1.165) is 0 Å². The highest BCUT2D eigenvalue weighted by Crippen LogP contribution is 2.32. The summed E-state index contributed by atoms with van der Waals surface area (Å²) in [6, 6.07) is 5.18. The van der Waals surface area contributed by atoms with Gasteiger partial charge in [-0.05, 0) is 34.1 Å². The van der Waals surface area contributed by atoms with Gasteiger partial charge in [0, 0.05) is 11.8 Å². The number of halogens is 1. The Morgan fingerprint density at radius 2 is 2.31 bits per heavy atom. The summed E-state index contributed by atoms with van der Waals surface area (Å²) in [7, 11) is 1.54. The molecular weight excluding hydrogens is 274 g/mol. The van der Waals surface area contributed by atoms with E-state index in [2.05, 4.69) is 20.9 Å². The maximum absolute atomic E-state index is 10.1. The van der Waals surface area contributed by atoms with Gasteiger partial charge in [-0.15, -0.1) is 0 Å². The number of rotatable bonds is 3. The minimum Gasteiger partial charge on any atom is -0.495 e. The summed E-state index contributed by atoms with van der Waals surface area (Å²) in [5, 5.41) is 10.1. The molecule has 1 N–H and O–H groups in total. The van der Waals surface area contributed by atoms with Gasteiger partial charge in [0.2, 0.25) is 0 Å². The highest BCUT2D eigenvalue weighted by molar-refractivity contribution is 9.10. The van der Waals surface area contributed by atoms with E-state index < -0.39 is 6.10 Å². The van der Waals surface area contributed by atoms with Gasteiger partial charge in [-0.25, -0.2) is 0 Å². The lowest BCUT2D eigenvalue weighted by Gasteiger charge is -2.12. The summed E-state index contributed by atoms with van der Waals surface area (Å²) in [5.74, 6) is 0.545. The van der Waals surface area contributed by atoms with Gasteiger partial charge in [-0.2, -0.15) is 0 Å². The SMILES string of the molecule is COc1cccnc1C(O)c1ccoc1Br. The zero-order chi connectivity index (χ0) is 11.5. The summed E-state index contributed by atoms with van der Waals surface area (Å²) >= 11 is 3.22. The van der Waals surface area contributed by atoms with Crippen molar-refractivity contribution < 1.29 is 14.3 Å². The van der Waals surface area contributed by atoms with Crippen molar-refractivity contribution in [1.82, 2.24) is 4.98 Å². The van der Waals surface area contributed by atoms with Gasteiger partial charge >= 0.3 is 0 Å². The fourth-order valence-electron chi connectivity index (χ4n) is 1.43. The fourth-order valence-corrected chi connectivity index (χ4v) is 1.88. The van der Waals surface area contributed by atoms with Crippen LogP contribution in [-0.4, -0.2) is 17.2 Å². The van der Waals surface area contributed by atoms with Crippen molar-refractivity contribution in [2.45, 2.75) is 6.10 Å². The van der Waals surface area contributed by atoms with Gasteiger partial charge in [0.25, 0.3) is 0 Å². The number of methoxy groups -OCH3 is 1. The molecule has 0 bridgehead atoms. The maximum Gasteiger partial charge on any atom is 0.175 e. The molecule has 0 aromatic carbocycles.